The molecule has 32 heavy (non-hydrogen) atoms. The van der Waals surface area contributed by atoms with Crippen molar-refractivity contribution in [2.45, 2.75) is 32.9 Å². The van der Waals surface area contributed by atoms with Crippen LogP contribution < -0.4 is 11.2 Å². The van der Waals surface area contributed by atoms with Gasteiger partial charge in [0.1, 0.15) is 5.82 Å². The fraction of sp³-hybridized carbons (Fsp3) is 0.375. The van der Waals surface area contributed by atoms with Gasteiger partial charge in [-0.25, -0.2) is 9.18 Å². The molecule has 1 saturated heterocycles. The number of benzene rings is 2. The summed E-state index contributed by atoms with van der Waals surface area (Å²) in [7, 11) is 0. The van der Waals surface area contributed by atoms with Gasteiger partial charge >= 0.3 is 5.69 Å². The molecule has 0 bridgehead atoms. The van der Waals surface area contributed by atoms with Gasteiger partial charge in [-0.05, 0) is 42.8 Å². The Morgan fingerprint density at radius 2 is 1.91 bits per heavy atom. The highest BCUT2D eigenvalue weighted by molar-refractivity contribution is 5.94. The third-order valence-corrected chi connectivity index (χ3v) is 6.28. The van der Waals surface area contributed by atoms with E-state index >= 15 is 0 Å². The lowest BCUT2D eigenvalue weighted by atomic mass is 10.1. The number of likely N-dealkylation sites (N-methyl/N-ethyl adjacent to an activating group) is 1. The van der Waals surface area contributed by atoms with Gasteiger partial charge in [0, 0.05) is 25.7 Å². The standard InChI is InChI=1S/C24H27FN4O3/c1-3-17-15-28(12-11-27(17)4-2)23(31)19-13-16(9-10-20(19)25)14-29-21-8-6-5-7-18(21)22(30)26-24(29)32/h5-10,13,17H,3-4,11-12,14-15H2,1-2H3,(H,26,30,32). The number of para-hydroxylation sites is 1. The number of nitrogens with zero attached hydrogens (tertiary/aromatic N) is 3. The van der Waals surface area contributed by atoms with Crippen molar-refractivity contribution in [3.05, 3.63) is 80.2 Å². The highest BCUT2D eigenvalue weighted by Crippen LogP contribution is 2.19. The maximum atomic E-state index is 14.6. The molecule has 2 heterocycles. The minimum atomic E-state index is -0.580. The molecule has 0 spiro atoms. The molecule has 4 rings (SSSR count). The number of halogens is 1. The van der Waals surface area contributed by atoms with E-state index in [9.17, 15) is 18.8 Å². The number of carbonyl (C=O) groups is 1. The second kappa shape index (κ2) is 9.08. The van der Waals surface area contributed by atoms with Crippen molar-refractivity contribution >= 4 is 16.8 Å². The second-order valence-corrected chi connectivity index (χ2v) is 8.12. The third kappa shape index (κ3) is 4.10. The summed E-state index contributed by atoms with van der Waals surface area (Å²) in [5.41, 5.74) is 0.0956. The number of amides is 1. The quantitative estimate of drug-likeness (QED) is 0.664. The zero-order valence-electron chi connectivity index (χ0n) is 18.3. The third-order valence-electron chi connectivity index (χ3n) is 6.28. The van der Waals surface area contributed by atoms with Gasteiger partial charge in [0.15, 0.2) is 0 Å². The maximum absolute atomic E-state index is 14.6. The Balaban J connectivity index is 1.65. The van der Waals surface area contributed by atoms with E-state index in [-0.39, 0.29) is 24.1 Å². The zero-order valence-corrected chi connectivity index (χ0v) is 18.3. The lowest BCUT2D eigenvalue weighted by molar-refractivity contribution is 0.0485. The fourth-order valence-corrected chi connectivity index (χ4v) is 4.47. The molecule has 1 aliphatic rings. The predicted molar refractivity (Wildman–Crippen MR) is 122 cm³/mol. The number of aromatic nitrogens is 2. The van der Waals surface area contributed by atoms with Crippen LogP contribution in [0.2, 0.25) is 0 Å². The van der Waals surface area contributed by atoms with Crippen LogP contribution >= 0.6 is 0 Å². The number of hydrogen-bond donors (Lipinski definition) is 1. The largest absolute Gasteiger partial charge is 0.336 e. The minimum absolute atomic E-state index is 0.00378. The molecule has 1 fully saturated rings. The molecule has 0 aliphatic carbocycles. The topological polar surface area (TPSA) is 78.4 Å². The summed E-state index contributed by atoms with van der Waals surface area (Å²) in [5.74, 6) is -0.916. The zero-order chi connectivity index (χ0) is 22.8. The first kappa shape index (κ1) is 22.0. The van der Waals surface area contributed by atoms with Crippen LogP contribution in [-0.4, -0.2) is 57.5 Å². The highest BCUT2D eigenvalue weighted by atomic mass is 19.1. The normalized spacial score (nSPS) is 17.1. The van der Waals surface area contributed by atoms with Gasteiger partial charge in [0.05, 0.1) is 23.0 Å². The summed E-state index contributed by atoms with van der Waals surface area (Å²) < 4.78 is 16.1. The molecule has 1 N–H and O–H groups in total. The van der Waals surface area contributed by atoms with Crippen molar-refractivity contribution in [1.82, 2.24) is 19.4 Å². The Morgan fingerprint density at radius 1 is 1.12 bits per heavy atom. The smallest absolute Gasteiger partial charge is 0.329 e. The Bertz CT molecular complexity index is 1270. The minimum Gasteiger partial charge on any atom is -0.336 e. The van der Waals surface area contributed by atoms with Gasteiger partial charge in [0.25, 0.3) is 11.5 Å². The molecule has 1 aliphatic heterocycles. The van der Waals surface area contributed by atoms with Crippen LogP contribution in [0, 0.1) is 5.82 Å². The summed E-state index contributed by atoms with van der Waals surface area (Å²) in [5, 5.41) is 0.393. The summed E-state index contributed by atoms with van der Waals surface area (Å²) in [6.07, 6.45) is 0.919. The van der Waals surface area contributed by atoms with Gasteiger partial charge in [0.2, 0.25) is 0 Å². The average Bonchev–Trinajstić information content (AvgIpc) is 2.81. The van der Waals surface area contributed by atoms with E-state index in [1.54, 1.807) is 35.2 Å². The lowest BCUT2D eigenvalue weighted by Crippen LogP contribution is -2.54. The summed E-state index contributed by atoms with van der Waals surface area (Å²) >= 11 is 0. The van der Waals surface area contributed by atoms with E-state index in [1.165, 1.54) is 16.7 Å². The van der Waals surface area contributed by atoms with E-state index in [4.69, 9.17) is 0 Å². The average molecular weight is 439 g/mol. The highest BCUT2D eigenvalue weighted by Gasteiger charge is 2.29. The molecule has 7 nitrogen and oxygen atoms in total. The summed E-state index contributed by atoms with van der Waals surface area (Å²) in [6, 6.07) is 11.4. The molecule has 3 aromatic rings. The van der Waals surface area contributed by atoms with E-state index in [1.807, 2.05) is 0 Å². The summed E-state index contributed by atoms with van der Waals surface area (Å²) in [6.45, 7) is 7.11. The van der Waals surface area contributed by atoms with Gasteiger partial charge in [-0.2, -0.15) is 0 Å². The maximum Gasteiger partial charge on any atom is 0.329 e. The van der Waals surface area contributed by atoms with Crippen molar-refractivity contribution < 1.29 is 9.18 Å². The van der Waals surface area contributed by atoms with Crippen LogP contribution in [0.3, 0.4) is 0 Å². The van der Waals surface area contributed by atoms with Crippen molar-refractivity contribution in [2.75, 3.05) is 26.2 Å². The fourth-order valence-electron chi connectivity index (χ4n) is 4.47. The van der Waals surface area contributed by atoms with Gasteiger partial charge in [-0.15, -0.1) is 0 Å². The molecule has 1 amide bonds. The second-order valence-electron chi connectivity index (χ2n) is 8.12. The number of carbonyl (C=O) groups excluding carboxylic acids is 1. The number of fused-ring (bicyclic) bond motifs is 1. The molecular weight excluding hydrogens is 411 g/mol. The molecule has 0 saturated carbocycles. The molecule has 1 unspecified atom stereocenters. The Morgan fingerprint density at radius 3 is 2.66 bits per heavy atom. The molecule has 168 valence electrons. The molecule has 2 aromatic carbocycles. The van der Waals surface area contributed by atoms with Gasteiger partial charge in [-0.1, -0.05) is 32.0 Å². The number of aromatic amines is 1. The number of piperazine rings is 1. The van der Waals surface area contributed by atoms with Crippen molar-refractivity contribution in [2.24, 2.45) is 0 Å². The van der Waals surface area contributed by atoms with Crippen molar-refractivity contribution in [3.8, 4) is 0 Å². The Hall–Kier alpha value is -3.26. The van der Waals surface area contributed by atoms with Crippen LogP contribution in [-0.2, 0) is 6.54 Å². The first-order valence-corrected chi connectivity index (χ1v) is 11.0. The van der Waals surface area contributed by atoms with E-state index in [0.29, 0.717) is 29.6 Å². The molecule has 8 heteroatoms. The van der Waals surface area contributed by atoms with E-state index in [2.05, 4.69) is 23.7 Å². The number of nitrogens with one attached hydrogen (secondary N) is 1. The predicted octanol–water partition coefficient (Wildman–Crippen LogP) is 2.43. The number of rotatable bonds is 5. The molecule has 1 atom stereocenters. The van der Waals surface area contributed by atoms with E-state index in [0.717, 1.165) is 19.5 Å². The lowest BCUT2D eigenvalue weighted by Gasteiger charge is -2.40. The number of hydrogen-bond acceptors (Lipinski definition) is 4. The van der Waals surface area contributed by atoms with E-state index < -0.39 is 17.1 Å². The first-order chi connectivity index (χ1) is 15.4. The molecular formula is C24H27FN4O3. The molecule has 1 aromatic heterocycles. The number of H-pyrrole nitrogens is 1. The van der Waals surface area contributed by atoms with Crippen LogP contribution in [0.5, 0.6) is 0 Å². The van der Waals surface area contributed by atoms with Crippen LogP contribution in [0.15, 0.2) is 52.1 Å². The van der Waals surface area contributed by atoms with Gasteiger partial charge < -0.3 is 4.90 Å². The monoisotopic (exact) mass is 438 g/mol. The first-order valence-electron chi connectivity index (χ1n) is 11.0. The van der Waals surface area contributed by atoms with Crippen LogP contribution in [0.4, 0.5) is 4.39 Å². The van der Waals surface area contributed by atoms with Gasteiger partial charge in [-0.3, -0.25) is 24.0 Å². The van der Waals surface area contributed by atoms with Crippen LogP contribution in [0.25, 0.3) is 10.9 Å². The SMILES string of the molecule is CCC1CN(C(=O)c2cc(Cn3c(=O)[nH]c(=O)c4ccccc43)ccc2F)CCN1CC. The summed E-state index contributed by atoms with van der Waals surface area (Å²) in [4.78, 5) is 44.1. The van der Waals surface area contributed by atoms with Crippen LogP contribution in [0.1, 0.15) is 36.2 Å². The van der Waals surface area contributed by atoms with Crippen molar-refractivity contribution in [1.29, 1.82) is 0 Å². The Labute approximate surface area is 185 Å². The molecule has 0 radical (unpaired) electrons. The van der Waals surface area contributed by atoms with Crippen molar-refractivity contribution in [3.63, 3.8) is 0 Å². The Kier molecular flexibility index (Phi) is 6.23.